The standard InChI is InChI=1S/C19H16N2OS/c1-12-7-5-6-10-14(12)16-15(11-20)19(21)23-18(16)17(22)13-8-3-2-4-9-13/h2-10,15-16,18,21H,1H3/t15?,16-,18+/m0/s1. The molecule has 2 aromatic rings. The third-order valence-corrected chi connectivity index (χ3v) is 5.49. The number of carbonyl (C=O) groups is 1. The number of hydrogen-bond donors (Lipinski definition) is 1. The summed E-state index contributed by atoms with van der Waals surface area (Å²) in [5, 5.41) is 17.5. The zero-order chi connectivity index (χ0) is 16.4. The molecule has 0 spiro atoms. The summed E-state index contributed by atoms with van der Waals surface area (Å²) < 4.78 is 0. The maximum absolute atomic E-state index is 12.9. The maximum atomic E-state index is 12.9. The van der Waals surface area contributed by atoms with Crippen LogP contribution in [0.25, 0.3) is 0 Å². The minimum Gasteiger partial charge on any atom is -0.297 e. The number of nitrogens with one attached hydrogen (secondary N) is 1. The molecule has 114 valence electrons. The average molecular weight is 320 g/mol. The largest absolute Gasteiger partial charge is 0.297 e. The van der Waals surface area contributed by atoms with E-state index in [-0.39, 0.29) is 16.7 Å². The normalized spacial score (nSPS) is 23.5. The quantitative estimate of drug-likeness (QED) is 0.862. The molecule has 1 aliphatic rings. The molecule has 0 saturated carbocycles. The van der Waals surface area contributed by atoms with Gasteiger partial charge in [0.05, 0.1) is 16.4 Å². The Hall–Kier alpha value is -2.38. The van der Waals surface area contributed by atoms with E-state index in [1.165, 1.54) is 11.8 Å². The van der Waals surface area contributed by atoms with Crippen LogP contribution in [-0.4, -0.2) is 16.1 Å². The van der Waals surface area contributed by atoms with E-state index in [9.17, 15) is 10.1 Å². The van der Waals surface area contributed by atoms with Crippen molar-refractivity contribution in [3.63, 3.8) is 0 Å². The van der Waals surface area contributed by atoms with Crippen molar-refractivity contribution in [1.82, 2.24) is 0 Å². The second-order valence-corrected chi connectivity index (χ2v) is 6.81. The van der Waals surface area contributed by atoms with Gasteiger partial charge in [0.1, 0.15) is 5.92 Å². The van der Waals surface area contributed by atoms with Gasteiger partial charge in [0.25, 0.3) is 0 Å². The van der Waals surface area contributed by atoms with Gasteiger partial charge < -0.3 is 0 Å². The van der Waals surface area contributed by atoms with E-state index in [1.807, 2.05) is 49.4 Å². The van der Waals surface area contributed by atoms with E-state index < -0.39 is 11.2 Å². The molecule has 0 aromatic heterocycles. The summed E-state index contributed by atoms with van der Waals surface area (Å²) in [6.07, 6.45) is 0. The molecule has 0 bridgehead atoms. The van der Waals surface area contributed by atoms with Crippen LogP contribution in [0.15, 0.2) is 54.6 Å². The number of thioether (sulfide) groups is 1. The van der Waals surface area contributed by atoms with Crippen molar-refractivity contribution >= 4 is 22.6 Å². The van der Waals surface area contributed by atoms with E-state index in [2.05, 4.69) is 6.07 Å². The van der Waals surface area contributed by atoms with Gasteiger partial charge in [-0.3, -0.25) is 10.2 Å². The van der Waals surface area contributed by atoms with Gasteiger partial charge >= 0.3 is 0 Å². The highest BCUT2D eigenvalue weighted by Crippen LogP contribution is 2.47. The lowest BCUT2D eigenvalue weighted by Gasteiger charge is -2.21. The molecule has 1 unspecified atom stereocenters. The van der Waals surface area contributed by atoms with Gasteiger partial charge in [-0.25, -0.2) is 0 Å². The highest BCUT2D eigenvalue weighted by atomic mass is 32.2. The van der Waals surface area contributed by atoms with Crippen LogP contribution in [0.4, 0.5) is 0 Å². The molecular weight excluding hydrogens is 304 g/mol. The number of benzene rings is 2. The average Bonchev–Trinajstić information content (AvgIpc) is 2.91. The third kappa shape index (κ3) is 2.80. The first-order valence-corrected chi connectivity index (χ1v) is 8.31. The highest BCUT2D eigenvalue weighted by Gasteiger charge is 2.46. The first-order valence-electron chi connectivity index (χ1n) is 7.43. The summed E-state index contributed by atoms with van der Waals surface area (Å²) in [6.45, 7) is 1.99. The summed E-state index contributed by atoms with van der Waals surface area (Å²) in [5.41, 5.74) is 2.68. The molecule has 0 radical (unpaired) electrons. The van der Waals surface area contributed by atoms with Crippen LogP contribution < -0.4 is 0 Å². The number of hydrogen-bond acceptors (Lipinski definition) is 4. The SMILES string of the molecule is Cc1ccccc1[C@H]1C(C#N)C(=N)S[C@H]1C(=O)c1ccccc1. The number of rotatable bonds is 3. The molecule has 4 heteroatoms. The van der Waals surface area contributed by atoms with Gasteiger partial charge in [-0.15, -0.1) is 0 Å². The smallest absolute Gasteiger partial charge is 0.176 e. The lowest BCUT2D eigenvalue weighted by molar-refractivity contribution is 0.0980. The fourth-order valence-corrected chi connectivity index (χ4v) is 4.36. The van der Waals surface area contributed by atoms with E-state index >= 15 is 0 Å². The summed E-state index contributed by atoms with van der Waals surface area (Å²) >= 11 is 1.22. The molecule has 0 amide bonds. The van der Waals surface area contributed by atoms with Gasteiger partial charge in [0, 0.05) is 11.5 Å². The van der Waals surface area contributed by atoms with Crippen molar-refractivity contribution in [3.8, 4) is 6.07 Å². The molecular formula is C19H16N2OS. The second kappa shape index (κ2) is 6.39. The van der Waals surface area contributed by atoms with Crippen molar-refractivity contribution in [2.24, 2.45) is 5.92 Å². The van der Waals surface area contributed by atoms with Crippen molar-refractivity contribution in [2.75, 3.05) is 0 Å². The van der Waals surface area contributed by atoms with Crippen molar-refractivity contribution < 1.29 is 4.79 Å². The fourth-order valence-electron chi connectivity index (χ4n) is 3.05. The van der Waals surface area contributed by atoms with Gasteiger partial charge in [0.2, 0.25) is 0 Å². The van der Waals surface area contributed by atoms with Crippen LogP contribution in [0.3, 0.4) is 0 Å². The zero-order valence-corrected chi connectivity index (χ0v) is 13.5. The summed E-state index contributed by atoms with van der Waals surface area (Å²) in [4.78, 5) is 12.9. The van der Waals surface area contributed by atoms with Crippen LogP contribution in [-0.2, 0) is 0 Å². The Kier molecular flexibility index (Phi) is 4.31. The topological polar surface area (TPSA) is 64.7 Å². The van der Waals surface area contributed by atoms with E-state index in [0.29, 0.717) is 5.56 Å². The van der Waals surface area contributed by atoms with Gasteiger partial charge in [-0.2, -0.15) is 5.26 Å². The van der Waals surface area contributed by atoms with Crippen LogP contribution >= 0.6 is 11.8 Å². The van der Waals surface area contributed by atoms with Crippen LogP contribution in [0.1, 0.15) is 27.4 Å². The Morgan fingerprint density at radius 2 is 1.78 bits per heavy atom. The predicted octanol–water partition coefficient (Wildman–Crippen LogP) is 4.19. The van der Waals surface area contributed by atoms with Crippen LogP contribution in [0, 0.1) is 29.6 Å². The Balaban J connectivity index is 2.05. The maximum Gasteiger partial charge on any atom is 0.176 e. The number of nitrogens with zero attached hydrogens (tertiary/aromatic N) is 1. The van der Waals surface area contributed by atoms with Crippen molar-refractivity contribution in [2.45, 2.75) is 18.1 Å². The molecule has 3 rings (SSSR count). The monoisotopic (exact) mass is 320 g/mol. The highest BCUT2D eigenvalue weighted by molar-refractivity contribution is 8.15. The molecule has 1 fully saturated rings. The molecule has 1 aliphatic heterocycles. The lowest BCUT2D eigenvalue weighted by atomic mass is 9.81. The molecule has 1 heterocycles. The lowest BCUT2D eigenvalue weighted by Crippen LogP contribution is -2.25. The number of Topliss-reactive ketones (excluding diaryl/α,β-unsaturated/α-hetero) is 1. The first-order chi connectivity index (χ1) is 11.1. The molecule has 3 atom stereocenters. The molecule has 23 heavy (non-hydrogen) atoms. The van der Waals surface area contributed by atoms with E-state index in [4.69, 9.17) is 5.41 Å². The third-order valence-electron chi connectivity index (χ3n) is 4.23. The van der Waals surface area contributed by atoms with Crippen molar-refractivity contribution in [1.29, 1.82) is 10.7 Å². The predicted molar refractivity (Wildman–Crippen MR) is 92.9 cm³/mol. The van der Waals surface area contributed by atoms with Gasteiger partial charge in [0.15, 0.2) is 5.78 Å². The van der Waals surface area contributed by atoms with Gasteiger partial charge in [-0.05, 0) is 18.1 Å². The molecule has 0 aliphatic carbocycles. The minimum absolute atomic E-state index is 0.00801. The number of aryl methyl sites for hydroxylation is 1. The Labute approximate surface area is 139 Å². The first kappa shape index (κ1) is 15.5. The molecule has 2 aromatic carbocycles. The van der Waals surface area contributed by atoms with Crippen LogP contribution in [0.5, 0.6) is 0 Å². The number of carbonyl (C=O) groups excluding carboxylic acids is 1. The fraction of sp³-hybridized carbons (Fsp3) is 0.211. The Bertz CT molecular complexity index is 795. The van der Waals surface area contributed by atoms with Crippen LogP contribution in [0.2, 0.25) is 0 Å². The van der Waals surface area contributed by atoms with E-state index in [1.54, 1.807) is 12.1 Å². The second-order valence-electron chi connectivity index (χ2n) is 5.62. The zero-order valence-electron chi connectivity index (χ0n) is 12.7. The minimum atomic E-state index is -0.557. The van der Waals surface area contributed by atoms with Gasteiger partial charge in [-0.1, -0.05) is 66.4 Å². The van der Waals surface area contributed by atoms with E-state index in [0.717, 1.165) is 11.1 Å². The summed E-state index contributed by atoms with van der Waals surface area (Å²) in [5.74, 6) is -0.837. The molecule has 1 saturated heterocycles. The Morgan fingerprint density at radius 1 is 1.13 bits per heavy atom. The van der Waals surface area contributed by atoms with Crippen molar-refractivity contribution in [3.05, 3.63) is 71.3 Å². The number of ketones is 1. The summed E-state index contributed by atoms with van der Waals surface area (Å²) in [7, 11) is 0. The number of nitriles is 1. The summed E-state index contributed by atoms with van der Waals surface area (Å²) in [6, 6.07) is 19.2. The molecule has 1 N–H and O–H groups in total. The molecule has 3 nitrogen and oxygen atoms in total. The Morgan fingerprint density at radius 3 is 2.43 bits per heavy atom.